The van der Waals surface area contributed by atoms with Crippen molar-refractivity contribution in [3.05, 3.63) is 67.0 Å². The highest BCUT2D eigenvalue weighted by Crippen LogP contribution is 2.32. The number of aryl methyl sites for hydroxylation is 2. The van der Waals surface area contributed by atoms with E-state index in [0.717, 1.165) is 8.95 Å². The second-order valence-corrected chi connectivity index (χ2v) is 8.25. The molecule has 1 nitrogen and oxygen atoms in total. The van der Waals surface area contributed by atoms with Crippen LogP contribution >= 0.6 is 43.2 Å². The molecule has 1 heterocycles. The predicted molar refractivity (Wildman–Crippen MR) is 101 cm³/mol. The van der Waals surface area contributed by atoms with Gasteiger partial charge in [-0.15, -0.1) is 0 Å². The molecule has 1 aromatic heterocycles. The van der Waals surface area contributed by atoms with Crippen molar-refractivity contribution in [3.8, 4) is 16.8 Å². The lowest BCUT2D eigenvalue weighted by Gasteiger charge is -2.09. The van der Waals surface area contributed by atoms with Crippen LogP contribution in [0, 0.1) is 20.8 Å². The SMILES string of the molecule is Cc1cccc(-c2cc(Br)cc(Br)c2)c1-[n+]1csc(C)c1C.[Cl-]. The van der Waals surface area contributed by atoms with E-state index in [1.807, 2.05) is 0 Å². The van der Waals surface area contributed by atoms with Gasteiger partial charge in [-0.3, -0.25) is 0 Å². The van der Waals surface area contributed by atoms with E-state index in [1.165, 1.54) is 32.9 Å². The Labute approximate surface area is 164 Å². The number of para-hydroxylation sites is 1. The van der Waals surface area contributed by atoms with Crippen molar-refractivity contribution in [1.29, 1.82) is 0 Å². The van der Waals surface area contributed by atoms with E-state index >= 15 is 0 Å². The largest absolute Gasteiger partial charge is 1.00 e. The van der Waals surface area contributed by atoms with E-state index in [1.54, 1.807) is 11.3 Å². The first-order chi connectivity index (χ1) is 10.5. The topological polar surface area (TPSA) is 3.88 Å². The minimum Gasteiger partial charge on any atom is -1.00 e. The lowest BCUT2D eigenvalue weighted by Crippen LogP contribution is -3.00. The Morgan fingerprint density at radius 2 is 1.61 bits per heavy atom. The maximum absolute atomic E-state index is 3.59. The smallest absolute Gasteiger partial charge is 0.231 e. The number of halogens is 3. The molecule has 0 saturated heterocycles. The zero-order chi connectivity index (χ0) is 15.9. The minimum absolute atomic E-state index is 0. The molecule has 0 amide bonds. The van der Waals surface area contributed by atoms with Gasteiger partial charge in [0, 0.05) is 21.4 Å². The standard InChI is InChI=1S/C18H16Br2NS.ClH/c1-11-5-4-6-17(14-7-15(19)9-16(20)8-14)18(11)21-10-22-13(3)12(21)2;/h4-10H,1-3H3;1H/q+1;/p-1. The quantitative estimate of drug-likeness (QED) is 0.504. The predicted octanol–water partition coefficient (Wildman–Crippen LogP) is 3.15. The monoisotopic (exact) mass is 471 g/mol. The Morgan fingerprint density at radius 1 is 0.957 bits per heavy atom. The van der Waals surface area contributed by atoms with Crippen molar-refractivity contribution < 1.29 is 17.0 Å². The number of benzene rings is 2. The fraction of sp³-hybridized carbons (Fsp3) is 0.167. The normalized spacial score (nSPS) is 10.5. The van der Waals surface area contributed by atoms with Gasteiger partial charge in [-0.05, 0) is 43.7 Å². The van der Waals surface area contributed by atoms with Crippen molar-refractivity contribution in [2.75, 3.05) is 0 Å². The van der Waals surface area contributed by atoms with Gasteiger partial charge in [0.1, 0.15) is 0 Å². The second-order valence-electron chi connectivity index (χ2n) is 5.36. The van der Waals surface area contributed by atoms with Gasteiger partial charge in [0.25, 0.3) is 0 Å². The minimum atomic E-state index is 0. The van der Waals surface area contributed by atoms with E-state index in [4.69, 9.17) is 0 Å². The summed E-state index contributed by atoms with van der Waals surface area (Å²) in [7, 11) is 0. The lowest BCUT2D eigenvalue weighted by molar-refractivity contribution is -0.597. The van der Waals surface area contributed by atoms with Gasteiger partial charge < -0.3 is 12.4 Å². The summed E-state index contributed by atoms with van der Waals surface area (Å²) in [5.41, 5.74) is 8.48. The molecule has 0 aliphatic heterocycles. The van der Waals surface area contributed by atoms with Crippen LogP contribution in [0.25, 0.3) is 16.8 Å². The van der Waals surface area contributed by atoms with E-state index < -0.39 is 0 Å². The third kappa shape index (κ3) is 3.71. The van der Waals surface area contributed by atoms with Crippen LogP contribution in [0.2, 0.25) is 0 Å². The van der Waals surface area contributed by atoms with Crippen LogP contribution in [-0.2, 0) is 0 Å². The summed E-state index contributed by atoms with van der Waals surface area (Å²) in [5.74, 6) is 0. The number of aromatic nitrogens is 1. The van der Waals surface area contributed by atoms with Crippen LogP contribution in [0.15, 0.2) is 50.9 Å². The molecule has 0 radical (unpaired) electrons. The number of nitrogens with zero attached hydrogens (tertiary/aromatic N) is 1. The van der Waals surface area contributed by atoms with Crippen LogP contribution in [0.5, 0.6) is 0 Å². The highest BCUT2D eigenvalue weighted by Gasteiger charge is 2.22. The van der Waals surface area contributed by atoms with E-state index in [9.17, 15) is 0 Å². The maximum atomic E-state index is 3.59. The second kappa shape index (κ2) is 7.47. The van der Waals surface area contributed by atoms with Gasteiger partial charge in [0.15, 0.2) is 5.69 Å². The van der Waals surface area contributed by atoms with Gasteiger partial charge in [-0.25, -0.2) is 0 Å². The molecule has 23 heavy (non-hydrogen) atoms. The summed E-state index contributed by atoms with van der Waals surface area (Å²) in [6.07, 6.45) is 0. The molecule has 0 aliphatic carbocycles. The average Bonchev–Trinajstić information content (AvgIpc) is 2.78. The first-order valence-electron chi connectivity index (χ1n) is 7.00. The van der Waals surface area contributed by atoms with Crippen molar-refractivity contribution >= 4 is 43.2 Å². The van der Waals surface area contributed by atoms with Gasteiger partial charge in [-0.2, -0.15) is 4.57 Å². The van der Waals surface area contributed by atoms with E-state index in [0.29, 0.717) is 0 Å². The Kier molecular flexibility index (Phi) is 6.06. The summed E-state index contributed by atoms with van der Waals surface area (Å²) in [6.45, 7) is 6.52. The molecule has 3 rings (SSSR count). The van der Waals surface area contributed by atoms with Crippen molar-refractivity contribution in [1.82, 2.24) is 0 Å². The first kappa shape index (κ1) is 18.7. The number of thiazole rings is 1. The van der Waals surface area contributed by atoms with E-state index in [-0.39, 0.29) is 12.4 Å². The van der Waals surface area contributed by atoms with Crippen molar-refractivity contribution in [2.24, 2.45) is 0 Å². The maximum Gasteiger partial charge on any atom is 0.231 e. The molecule has 5 heteroatoms. The van der Waals surface area contributed by atoms with Crippen LogP contribution in [-0.4, -0.2) is 0 Å². The number of hydrogen-bond acceptors (Lipinski definition) is 1. The molecule has 120 valence electrons. The van der Waals surface area contributed by atoms with Gasteiger partial charge >= 0.3 is 0 Å². The Bertz CT molecular complexity index is 838. The molecule has 2 aromatic carbocycles. The molecule has 0 N–H and O–H groups in total. The number of hydrogen-bond donors (Lipinski definition) is 0. The zero-order valence-electron chi connectivity index (χ0n) is 13.0. The molecule has 0 spiro atoms. The molecular weight excluding hydrogens is 458 g/mol. The Hall–Kier alpha value is -0.680. The number of rotatable bonds is 2. The first-order valence-corrected chi connectivity index (χ1v) is 9.46. The van der Waals surface area contributed by atoms with Gasteiger partial charge in [-0.1, -0.05) is 55.3 Å². The lowest BCUT2D eigenvalue weighted by atomic mass is 10.00. The Balaban J connectivity index is 0.00000192. The molecule has 0 bridgehead atoms. The van der Waals surface area contributed by atoms with Crippen LogP contribution in [0.1, 0.15) is 16.1 Å². The summed E-state index contributed by atoms with van der Waals surface area (Å²) >= 11 is 8.98. The Morgan fingerprint density at radius 3 is 2.17 bits per heavy atom. The van der Waals surface area contributed by atoms with Gasteiger partial charge in [0.05, 0.1) is 10.4 Å². The highest BCUT2D eigenvalue weighted by molar-refractivity contribution is 9.11. The molecular formula is C18H16Br2ClNS. The fourth-order valence-corrected chi connectivity index (χ4v) is 4.70. The summed E-state index contributed by atoms with van der Waals surface area (Å²) in [6, 6.07) is 12.9. The van der Waals surface area contributed by atoms with Crippen LogP contribution in [0.3, 0.4) is 0 Å². The van der Waals surface area contributed by atoms with Crippen LogP contribution in [0.4, 0.5) is 0 Å². The van der Waals surface area contributed by atoms with Crippen LogP contribution < -0.4 is 17.0 Å². The highest BCUT2D eigenvalue weighted by atomic mass is 79.9. The molecule has 0 unspecified atom stereocenters. The molecule has 3 aromatic rings. The third-order valence-electron chi connectivity index (χ3n) is 3.86. The molecule has 0 aliphatic rings. The third-order valence-corrected chi connectivity index (χ3v) is 5.74. The summed E-state index contributed by atoms with van der Waals surface area (Å²) in [5, 5.41) is 0. The van der Waals surface area contributed by atoms with E-state index in [2.05, 4.69) is 99.1 Å². The average molecular weight is 474 g/mol. The summed E-state index contributed by atoms with van der Waals surface area (Å²) in [4.78, 5) is 1.35. The van der Waals surface area contributed by atoms with Gasteiger partial charge in [0.2, 0.25) is 11.2 Å². The molecule has 0 atom stereocenters. The van der Waals surface area contributed by atoms with Crippen molar-refractivity contribution in [3.63, 3.8) is 0 Å². The van der Waals surface area contributed by atoms with Crippen molar-refractivity contribution in [2.45, 2.75) is 20.8 Å². The molecule has 0 fully saturated rings. The zero-order valence-corrected chi connectivity index (χ0v) is 17.8. The summed E-state index contributed by atoms with van der Waals surface area (Å²) < 4.78 is 4.46. The molecule has 0 saturated carbocycles. The fourth-order valence-electron chi connectivity index (χ4n) is 2.61.